The summed E-state index contributed by atoms with van der Waals surface area (Å²) in [7, 11) is 0. The van der Waals surface area contributed by atoms with Crippen molar-refractivity contribution in [3.8, 4) is 0 Å². The van der Waals surface area contributed by atoms with E-state index < -0.39 is 0 Å². The smallest absolute Gasteiger partial charge is 0.272 e. The second-order valence-corrected chi connectivity index (χ2v) is 8.01. The number of hydrogen-bond acceptors (Lipinski definition) is 6. The third kappa shape index (κ3) is 3.55. The summed E-state index contributed by atoms with van der Waals surface area (Å²) in [6, 6.07) is 5.80. The van der Waals surface area contributed by atoms with E-state index in [1.165, 1.54) is 23.1 Å². The molecule has 24 heavy (non-hydrogen) atoms. The van der Waals surface area contributed by atoms with E-state index in [1.54, 1.807) is 15.9 Å². The monoisotopic (exact) mass is 379 g/mol. The van der Waals surface area contributed by atoms with Gasteiger partial charge < -0.3 is 5.32 Å². The maximum atomic E-state index is 12.4. The third-order valence-electron chi connectivity index (χ3n) is 3.53. The predicted molar refractivity (Wildman–Crippen MR) is 101 cm³/mol. The van der Waals surface area contributed by atoms with Gasteiger partial charge in [-0.1, -0.05) is 17.8 Å². The number of carbonyl (C=O) groups excluding carboxylic acids is 1. The van der Waals surface area contributed by atoms with Crippen LogP contribution in [-0.2, 0) is 11.3 Å². The van der Waals surface area contributed by atoms with E-state index in [4.69, 9.17) is 0 Å². The summed E-state index contributed by atoms with van der Waals surface area (Å²) in [5.41, 5.74) is 0.664. The van der Waals surface area contributed by atoms with Crippen molar-refractivity contribution in [2.24, 2.45) is 0 Å². The number of thiophene rings is 2. The van der Waals surface area contributed by atoms with Crippen molar-refractivity contribution in [2.75, 3.05) is 5.75 Å². The van der Waals surface area contributed by atoms with E-state index >= 15 is 0 Å². The topological polar surface area (TPSA) is 64.0 Å². The van der Waals surface area contributed by atoms with Crippen molar-refractivity contribution >= 4 is 50.6 Å². The second-order valence-electron chi connectivity index (χ2n) is 5.17. The average molecular weight is 380 g/mol. The van der Waals surface area contributed by atoms with Crippen LogP contribution in [-0.4, -0.2) is 21.2 Å². The van der Waals surface area contributed by atoms with Gasteiger partial charge in [-0.15, -0.1) is 22.7 Å². The molecule has 0 aromatic carbocycles. The fourth-order valence-electron chi connectivity index (χ4n) is 2.33. The van der Waals surface area contributed by atoms with Crippen LogP contribution in [0.5, 0.6) is 0 Å². The number of nitrogens with one attached hydrogen (secondary N) is 1. The molecule has 0 bridgehead atoms. The zero-order valence-electron chi connectivity index (χ0n) is 13.3. The molecule has 3 aromatic heterocycles. The van der Waals surface area contributed by atoms with Crippen LogP contribution in [0.15, 0.2) is 38.9 Å². The number of hydrogen-bond donors (Lipinski definition) is 1. The largest absolute Gasteiger partial charge is 0.348 e. The van der Waals surface area contributed by atoms with Crippen molar-refractivity contribution < 1.29 is 4.79 Å². The van der Waals surface area contributed by atoms with Crippen LogP contribution in [0.1, 0.15) is 24.8 Å². The lowest BCUT2D eigenvalue weighted by atomic mass is 10.3. The van der Waals surface area contributed by atoms with E-state index in [2.05, 4.69) is 10.3 Å². The van der Waals surface area contributed by atoms with Crippen LogP contribution in [0.4, 0.5) is 0 Å². The Morgan fingerprint density at radius 3 is 2.92 bits per heavy atom. The summed E-state index contributed by atoms with van der Waals surface area (Å²) in [4.78, 5) is 30.3. The molecule has 0 saturated heterocycles. The van der Waals surface area contributed by atoms with Gasteiger partial charge in [0.2, 0.25) is 5.91 Å². The van der Waals surface area contributed by atoms with Gasteiger partial charge in [-0.05, 0) is 36.7 Å². The highest BCUT2D eigenvalue weighted by Gasteiger charge is 2.15. The number of thioether (sulfide) groups is 1. The maximum absolute atomic E-state index is 12.4. The Hall–Kier alpha value is -1.64. The number of nitrogens with zero attached hydrogens (tertiary/aromatic N) is 2. The number of fused-ring (bicyclic) bond motifs is 1. The van der Waals surface area contributed by atoms with Gasteiger partial charge in [0, 0.05) is 11.4 Å². The summed E-state index contributed by atoms with van der Waals surface area (Å²) < 4.78 is 2.29. The molecule has 3 rings (SSSR count). The molecule has 0 saturated carbocycles. The number of amides is 1. The molecule has 0 fully saturated rings. The molecule has 1 atom stereocenters. The maximum Gasteiger partial charge on any atom is 0.272 e. The number of aromatic nitrogens is 2. The lowest BCUT2D eigenvalue weighted by Crippen LogP contribution is -2.28. The zero-order valence-corrected chi connectivity index (χ0v) is 15.8. The molecule has 1 N–H and O–H groups in total. The summed E-state index contributed by atoms with van der Waals surface area (Å²) in [5.74, 6) is 0.167. The molecule has 1 unspecified atom stereocenters. The summed E-state index contributed by atoms with van der Waals surface area (Å²) in [5, 5.41) is 7.42. The van der Waals surface area contributed by atoms with Gasteiger partial charge in [0.1, 0.15) is 4.70 Å². The molecule has 0 aliphatic rings. The quantitative estimate of drug-likeness (QED) is 0.526. The lowest BCUT2D eigenvalue weighted by molar-refractivity contribution is -0.119. The highest BCUT2D eigenvalue weighted by Crippen LogP contribution is 2.22. The van der Waals surface area contributed by atoms with Gasteiger partial charge in [-0.3, -0.25) is 14.2 Å². The van der Waals surface area contributed by atoms with E-state index in [-0.39, 0.29) is 23.3 Å². The standard InChI is InChI=1S/C16H17N3O2S3/c1-3-19-15(21)14-11(6-8-23-14)18-16(19)24-9-13(20)17-10(2)12-5-4-7-22-12/h4-8,10H,3,9H2,1-2H3,(H,17,20). The molecule has 3 aromatic rings. The van der Waals surface area contributed by atoms with Crippen LogP contribution >= 0.6 is 34.4 Å². The highest BCUT2D eigenvalue weighted by molar-refractivity contribution is 7.99. The first-order chi connectivity index (χ1) is 11.6. The van der Waals surface area contributed by atoms with Crippen molar-refractivity contribution in [3.05, 3.63) is 44.2 Å². The van der Waals surface area contributed by atoms with Gasteiger partial charge in [-0.25, -0.2) is 4.98 Å². The van der Waals surface area contributed by atoms with Gasteiger partial charge in [0.05, 0.1) is 17.3 Å². The Kier molecular flexibility index (Phi) is 5.37. The van der Waals surface area contributed by atoms with Crippen LogP contribution in [0.2, 0.25) is 0 Å². The minimum absolute atomic E-state index is 0.0150. The Morgan fingerprint density at radius 2 is 2.21 bits per heavy atom. The fourth-order valence-corrected chi connectivity index (χ4v) is 4.72. The van der Waals surface area contributed by atoms with E-state index in [9.17, 15) is 9.59 Å². The number of rotatable bonds is 6. The van der Waals surface area contributed by atoms with Crippen LogP contribution in [0.3, 0.4) is 0 Å². The van der Waals surface area contributed by atoms with E-state index in [0.717, 1.165) is 4.88 Å². The molecule has 0 radical (unpaired) electrons. The molecule has 1 amide bonds. The first-order valence-electron chi connectivity index (χ1n) is 7.53. The molecule has 8 heteroatoms. The zero-order chi connectivity index (χ0) is 17.1. The van der Waals surface area contributed by atoms with Crippen molar-refractivity contribution in [1.82, 2.24) is 14.9 Å². The van der Waals surface area contributed by atoms with Crippen LogP contribution < -0.4 is 10.9 Å². The minimum Gasteiger partial charge on any atom is -0.348 e. The molecule has 5 nitrogen and oxygen atoms in total. The van der Waals surface area contributed by atoms with Gasteiger partial charge in [0.25, 0.3) is 5.56 Å². The Labute approximate surface area is 151 Å². The predicted octanol–water partition coefficient (Wildman–Crippen LogP) is 3.51. The summed E-state index contributed by atoms with van der Waals surface area (Å²) in [6.45, 7) is 4.41. The van der Waals surface area contributed by atoms with Crippen LogP contribution in [0, 0.1) is 0 Å². The molecular weight excluding hydrogens is 362 g/mol. The third-order valence-corrected chi connectivity index (χ3v) is 6.45. The van der Waals surface area contributed by atoms with E-state index in [0.29, 0.717) is 21.9 Å². The summed E-state index contributed by atoms with van der Waals surface area (Å²) in [6.07, 6.45) is 0. The Balaban J connectivity index is 1.71. The molecule has 126 valence electrons. The van der Waals surface area contributed by atoms with Gasteiger partial charge >= 0.3 is 0 Å². The molecule has 0 aliphatic carbocycles. The van der Waals surface area contributed by atoms with Crippen molar-refractivity contribution in [1.29, 1.82) is 0 Å². The number of carbonyl (C=O) groups is 1. The van der Waals surface area contributed by atoms with Gasteiger partial charge in [-0.2, -0.15) is 0 Å². The first kappa shape index (κ1) is 17.2. The Morgan fingerprint density at radius 1 is 1.38 bits per heavy atom. The normalized spacial score (nSPS) is 12.4. The summed E-state index contributed by atoms with van der Waals surface area (Å²) >= 11 is 4.32. The van der Waals surface area contributed by atoms with E-state index in [1.807, 2.05) is 42.8 Å². The van der Waals surface area contributed by atoms with Crippen LogP contribution in [0.25, 0.3) is 10.2 Å². The fraction of sp³-hybridized carbons (Fsp3) is 0.312. The molecule has 0 spiro atoms. The first-order valence-corrected chi connectivity index (χ1v) is 10.3. The second kappa shape index (κ2) is 7.50. The molecule has 3 heterocycles. The molecule has 0 aliphatic heterocycles. The minimum atomic E-state index is -0.0665. The van der Waals surface area contributed by atoms with Crippen molar-refractivity contribution in [3.63, 3.8) is 0 Å². The van der Waals surface area contributed by atoms with Crippen molar-refractivity contribution in [2.45, 2.75) is 31.6 Å². The SMILES string of the molecule is CCn1c(SCC(=O)NC(C)c2cccs2)nc2ccsc2c1=O. The average Bonchev–Trinajstić information content (AvgIpc) is 3.24. The lowest BCUT2D eigenvalue weighted by Gasteiger charge is -2.13. The Bertz CT molecular complexity index is 899. The highest BCUT2D eigenvalue weighted by atomic mass is 32.2. The van der Waals surface area contributed by atoms with Gasteiger partial charge in [0.15, 0.2) is 5.16 Å². The molecular formula is C16H17N3O2S3.